The Morgan fingerprint density at radius 2 is 2.22 bits per heavy atom. The van der Waals surface area contributed by atoms with Crippen LogP contribution in [0.5, 0.6) is 0 Å². The Morgan fingerprint density at radius 1 is 1.44 bits per heavy atom. The average Bonchev–Trinajstić information content (AvgIpc) is 2.78. The van der Waals surface area contributed by atoms with Gasteiger partial charge in [0.25, 0.3) is 0 Å². The van der Waals surface area contributed by atoms with E-state index in [2.05, 4.69) is 10.1 Å². The lowest BCUT2D eigenvalue weighted by Crippen LogP contribution is -2.04. The van der Waals surface area contributed by atoms with Crippen molar-refractivity contribution in [1.82, 2.24) is 10.1 Å². The third-order valence-electron chi connectivity index (χ3n) is 2.05. The predicted molar refractivity (Wildman–Crippen MR) is 65.7 cm³/mol. The number of halogens is 2. The molecule has 0 amide bonds. The first-order chi connectivity index (χ1) is 8.61. The molecule has 0 atom stereocenters. The number of benzene rings is 1. The smallest absolute Gasteiger partial charge is 0.397 e. The Morgan fingerprint density at radius 3 is 2.89 bits per heavy atom. The van der Waals surface area contributed by atoms with Gasteiger partial charge in [-0.05, 0) is 25.1 Å². The second-order valence-electron chi connectivity index (χ2n) is 3.27. The lowest BCUT2D eigenvalue weighted by molar-refractivity contribution is 0.0470. The molecule has 0 aliphatic heterocycles. The zero-order valence-electron chi connectivity index (χ0n) is 9.31. The summed E-state index contributed by atoms with van der Waals surface area (Å²) in [4.78, 5) is 15.3. The van der Waals surface area contributed by atoms with Crippen molar-refractivity contribution >= 4 is 29.2 Å². The van der Waals surface area contributed by atoms with Crippen molar-refractivity contribution in [3.8, 4) is 11.4 Å². The Labute approximate surface area is 113 Å². The van der Waals surface area contributed by atoms with E-state index < -0.39 is 5.97 Å². The molecule has 0 bridgehead atoms. The molecule has 0 aliphatic rings. The topological polar surface area (TPSA) is 65.2 Å². The molecule has 0 saturated carbocycles. The standard InChI is InChI=1S/C11H8Cl2N2O3/c1-2-17-11(16)10-14-9(15-18-10)7-4-3-6(12)5-8(7)13/h3-5H,2H2,1H3. The lowest BCUT2D eigenvalue weighted by Gasteiger charge is -1.98. The molecule has 5 nitrogen and oxygen atoms in total. The van der Waals surface area contributed by atoms with E-state index in [4.69, 9.17) is 32.5 Å². The van der Waals surface area contributed by atoms with E-state index in [1.54, 1.807) is 25.1 Å². The third-order valence-corrected chi connectivity index (χ3v) is 2.60. The van der Waals surface area contributed by atoms with E-state index in [-0.39, 0.29) is 18.3 Å². The van der Waals surface area contributed by atoms with Crippen LogP contribution in [0.1, 0.15) is 17.6 Å². The van der Waals surface area contributed by atoms with Crippen LogP contribution in [0.3, 0.4) is 0 Å². The molecule has 1 aromatic carbocycles. The Bertz CT molecular complexity index is 583. The molecule has 2 rings (SSSR count). The van der Waals surface area contributed by atoms with Crippen molar-refractivity contribution in [2.75, 3.05) is 6.61 Å². The largest absolute Gasteiger partial charge is 0.459 e. The maximum Gasteiger partial charge on any atom is 0.397 e. The second kappa shape index (κ2) is 5.37. The summed E-state index contributed by atoms with van der Waals surface area (Å²) >= 11 is 11.8. The van der Waals surface area contributed by atoms with Gasteiger partial charge in [-0.15, -0.1) is 0 Å². The molecule has 0 fully saturated rings. The van der Waals surface area contributed by atoms with Gasteiger partial charge < -0.3 is 9.26 Å². The van der Waals surface area contributed by atoms with Crippen LogP contribution in [0.25, 0.3) is 11.4 Å². The number of esters is 1. The highest BCUT2D eigenvalue weighted by Gasteiger charge is 2.18. The number of aromatic nitrogens is 2. The van der Waals surface area contributed by atoms with Gasteiger partial charge in [0, 0.05) is 10.6 Å². The third kappa shape index (κ3) is 2.63. The summed E-state index contributed by atoms with van der Waals surface area (Å²) in [6.45, 7) is 1.92. The molecule has 18 heavy (non-hydrogen) atoms. The molecule has 94 valence electrons. The first-order valence-electron chi connectivity index (χ1n) is 5.08. The molecule has 0 unspecified atom stereocenters. The molecule has 1 aromatic heterocycles. The minimum Gasteiger partial charge on any atom is -0.459 e. The van der Waals surface area contributed by atoms with Crippen molar-refractivity contribution in [3.05, 3.63) is 34.1 Å². The molecule has 7 heteroatoms. The van der Waals surface area contributed by atoms with Gasteiger partial charge in [-0.25, -0.2) is 4.79 Å². The van der Waals surface area contributed by atoms with Gasteiger partial charge in [0.1, 0.15) is 0 Å². The number of ether oxygens (including phenoxy) is 1. The summed E-state index contributed by atoms with van der Waals surface area (Å²) < 4.78 is 9.53. The molecule has 0 saturated heterocycles. The zero-order chi connectivity index (χ0) is 13.1. The van der Waals surface area contributed by atoms with Crippen molar-refractivity contribution in [2.24, 2.45) is 0 Å². The molecule has 2 aromatic rings. The van der Waals surface area contributed by atoms with E-state index in [1.165, 1.54) is 0 Å². The normalized spacial score (nSPS) is 10.4. The van der Waals surface area contributed by atoms with Crippen LogP contribution in [0.2, 0.25) is 10.0 Å². The quantitative estimate of drug-likeness (QED) is 0.811. The first kappa shape index (κ1) is 12.9. The molecule has 1 heterocycles. The minimum atomic E-state index is -0.665. The van der Waals surface area contributed by atoms with Crippen molar-refractivity contribution in [3.63, 3.8) is 0 Å². The van der Waals surface area contributed by atoms with Crippen LogP contribution >= 0.6 is 23.2 Å². The molecule has 0 spiro atoms. The van der Waals surface area contributed by atoms with Gasteiger partial charge in [0.05, 0.1) is 11.6 Å². The van der Waals surface area contributed by atoms with E-state index in [0.29, 0.717) is 15.6 Å². The monoisotopic (exact) mass is 286 g/mol. The summed E-state index contributed by atoms with van der Waals surface area (Å²) in [5.41, 5.74) is 0.528. The average molecular weight is 287 g/mol. The predicted octanol–water partition coefficient (Wildman–Crippen LogP) is 3.22. The van der Waals surface area contributed by atoms with Crippen LogP contribution in [-0.4, -0.2) is 22.7 Å². The second-order valence-corrected chi connectivity index (χ2v) is 4.11. The maximum atomic E-state index is 11.4. The Hall–Kier alpha value is -1.59. The van der Waals surface area contributed by atoms with Crippen molar-refractivity contribution in [2.45, 2.75) is 6.92 Å². The molecule has 0 N–H and O–H groups in total. The van der Waals surface area contributed by atoms with Gasteiger partial charge >= 0.3 is 11.9 Å². The van der Waals surface area contributed by atoms with Gasteiger partial charge in [-0.1, -0.05) is 28.4 Å². The molecule has 0 aliphatic carbocycles. The fourth-order valence-corrected chi connectivity index (χ4v) is 1.77. The van der Waals surface area contributed by atoms with Crippen LogP contribution in [0.4, 0.5) is 0 Å². The van der Waals surface area contributed by atoms with Gasteiger partial charge in [0.2, 0.25) is 5.82 Å². The van der Waals surface area contributed by atoms with Gasteiger partial charge in [0.15, 0.2) is 0 Å². The summed E-state index contributed by atoms with van der Waals surface area (Å²) in [6.07, 6.45) is 0. The van der Waals surface area contributed by atoms with Crippen LogP contribution < -0.4 is 0 Å². The van der Waals surface area contributed by atoms with E-state index in [9.17, 15) is 4.79 Å². The number of hydrogen-bond acceptors (Lipinski definition) is 5. The van der Waals surface area contributed by atoms with Gasteiger partial charge in [-0.2, -0.15) is 4.98 Å². The highest BCUT2D eigenvalue weighted by atomic mass is 35.5. The number of carbonyl (C=O) groups is 1. The summed E-state index contributed by atoms with van der Waals surface area (Å²) in [7, 11) is 0. The lowest BCUT2D eigenvalue weighted by atomic mass is 10.2. The van der Waals surface area contributed by atoms with E-state index in [1.807, 2.05) is 0 Å². The summed E-state index contributed by atoms with van der Waals surface area (Å²) in [6, 6.07) is 4.84. The summed E-state index contributed by atoms with van der Waals surface area (Å²) in [5.74, 6) is -0.668. The fraction of sp³-hybridized carbons (Fsp3) is 0.182. The van der Waals surface area contributed by atoms with Crippen LogP contribution in [0, 0.1) is 0 Å². The highest BCUT2D eigenvalue weighted by Crippen LogP contribution is 2.28. The van der Waals surface area contributed by atoms with E-state index >= 15 is 0 Å². The molecular weight excluding hydrogens is 279 g/mol. The number of rotatable bonds is 3. The van der Waals surface area contributed by atoms with Crippen molar-refractivity contribution < 1.29 is 14.1 Å². The number of carbonyl (C=O) groups excluding carboxylic acids is 1. The fourth-order valence-electron chi connectivity index (χ4n) is 1.28. The van der Waals surface area contributed by atoms with Gasteiger partial charge in [-0.3, -0.25) is 0 Å². The Kier molecular flexibility index (Phi) is 3.84. The molecule has 0 radical (unpaired) electrons. The highest BCUT2D eigenvalue weighted by molar-refractivity contribution is 6.36. The van der Waals surface area contributed by atoms with Crippen LogP contribution in [-0.2, 0) is 4.74 Å². The Balaban J connectivity index is 2.32. The number of hydrogen-bond donors (Lipinski definition) is 0. The zero-order valence-corrected chi connectivity index (χ0v) is 10.8. The van der Waals surface area contributed by atoms with Crippen molar-refractivity contribution in [1.29, 1.82) is 0 Å². The van der Waals surface area contributed by atoms with Crippen LogP contribution in [0.15, 0.2) is 22.7 Å². The maximum absolute atomic E-state index is 11.4. The first-order valence-corrected chi connectivity index (χ1v) is 5.83. The summed E-state index contributed by atoms with van der Waals surface area (Å²) in [5, 5.41) is 4.54. The van der Waals surface area contributed by atoms with E-state index in [0.717, 1.165) is 0 Å². The SMILES string of the molecule is CCOC(=O)c1nc(-c2ccc(Cl)cc2Cl)no1. The molecular formula is C11H8Cl2N2O3. The minimum absolute atomic E-state index is 0.208. The number of nitrogens with zero attached hydrogens (tertiary/aromatic N) is 2.